The van der Waals surface area contributed by atoms with Crippen molar-refractivity contribution in [3.8, 4) is 0 Å². The number of carboxylic acids is 1. The van der Waals surface area contributed by atoms with Gasteiger partial charge in [0.25, 0.3) is 12.0 Å². The predicted octanol–water partition coefficient (Wildman–Crippen LogP) is 3.50. The number of aromatic carboxylic acids is 1. The second-order valence-corrected chi connectivity index (χ2v) is 6.62. The maximum Gasteiger partial charge on any atom is 0.339 e. The Labute approximate surface area is 168 Å². The third kappa shape index (κ3) is 5.76. The standard InChI is InChI=1S/C18H18F3N3O4S/c1-24-15(25)7-10(5-6-22-28-9-14(20)21)16(18(26)27)17(24)23-13-4-3-11(29-2)8-12(13)19/h3-4,6-8,14,23H,5,9H2,1-2H3,(H,26,27). The van der Waals surface area contributed by atoms with Crippen molar-refractivity contribution >= 4 is 35.5 Å². The molecule has 0 aliphatic heterocycles. The fourth-order valence-electron chi connectivity index (χ4n) is 2.43. The summed E-state index contributed by atoms with van der Waals surface area (Å²) in [5.74, 6) is -2.10. The van der Waals surface area contributed by atoms with Crippen LogP contribution in [-0.4, -0.2) is 41.1 Å². The van der Waals surface area contributed by atoms with Gasteiger partial charge in [-0.3, -0.25) is 9.36 Å². The Bertz CT molecular complexity index is 980. The van der Waals surface area contributed by atoms with Crippen molar-refractivity contribution in [1.82, 2.24) is 4.57 Å². The van der Waals surface area contributed by atoms with Crippen molar-refractivity contribution < 1.29 is 27.9 Å². The number of anilines is 2. The van der Waals surface area contributed by atoms with E-state index in [-0.39, 0.29) is 29.1 Å². The first-order valence-electron chi connectivity index (χ1n) is 8.23. The van der Waals surface area contributed by atoms with Crippen molar-refractivity contribution in [3.05, 3.63) is 51.6 Å². The summed E-state index contributed by atoms with van der Waals surface area (Å²) in [6.45, 7) is -0.906. The van der Waals surface area contributed by atoms with Gasteiger partial charge < -0.3 is 15.3 Å². The Morgan fingerprint density at radius 3 is 2.72 bits per heavy atom. The molecule has 0 amide bonds. The summed E-state index contributed by atoms with van der Waals surface area (Å²) < 4.78 is 39.4. The molecule has 0 spiro atoms. The molecule has 1 aromatic carbocycles. The number of nitrogens with zero attached hydrogens (tertiary/aromatic N) is 2. The minimum Gasteiger partial charge on any atom is -0.478 e. The lowest BCUT2D eigenvalue weighted by molar-refractivity contribution is 0.0207. The quantitative estimate of drug-likeness (QED) is 0.360. The van der Waals surface area contributed by atoms with Gasteiger partial charge in [0.2, 0.25) is 0 Å². The van der Waals surface area contributed by atoms with Gasteiger partial charge in [-0.25, -0.2) is 18.0 Å². The lowest BCUT2D eigenvalue weighted by atomic mass is 10.1. The van der Waals surface area contributed by atoms with Gasteiger partial charge in [-0.05, 0) is 30.0 Å². The molecule has 0 atom stereocenters. The van der Waals surface area contributed by atoms with Gasteiger partial charge in [0.15, 0.2) is 6.61 Å². The van der Waals surface area contributed by atoms with Gasteiger partial charge in [0.05, 0.1) is 5.69 Å². The number of oxime groups is 1. The van der Waals surface area contributed by atoms with Crippen LogP contribution < -0.4 is 10.9 Å². The summed E-state index contributed by atoms with van der Waals surface area (Å²) in [5.41, 5.74) is -0.767. The Morgan fingerprint density at radius 1 is 1.41 bits per heavy atom. The zero-order valence-electron chi connectivity index (χ0n) is 15.5. The molecule has 0 fully saturated rings. The van der Waals surface area contributed by atoms with Crippen molar-refractivity contribution in [3.63, 3.8) is 0 Å². The molecule has 156 valence electrons. The van der Waals surface area contributed by atoms with Gasteiger partial charge in [0, 0.05) is 30.6 Å². The number of pyridine rings is 1. The first kappa shape index (κ1) is 22.3. The second-order valence-electron chi connectivity index (χ2n) is 5.75. The fourth-order valence-corrected chi connectivity index (χ4v) is 2.86. The fraction of sp³-hybridized carbons (Fsp3) is 0.278. The number of thioether (sulfide) groups is 1. The van der Waals surface area contributed by atoms with E-state index in [0.717, 1.165) is 16.8 Å². The maximum atomic E-state index is 14.3. The molecule has 1 heterocycles. The number of alkyl halides is 2. The highest BCUT2D eigenvalue weighted by Gasteiger charge is 2.20. The Kier molecular flexibility index (Phi) is 7.71. The van der Waals surface area contributed by atoms with Crippen molar-refractivity contribution in [2.24, 2.45) is 12.2 Å². The largest absolute Gasteiger partial charge is 0.478 e. The lowest BCUT2D eigenvalue weighted by Gasteiger charge is -2.17. The highest BCUT2D eigenvalue weighted by Crippen LogP contribution is 2.27. The molecule has 2 N–H and O–H groups in total. The van der Waals surface area contributed by atoms with Crippen LogP contribution in [0.5, 0.6) is 0 Å². The van der Waals surface area contributed by atoms with Gasteiger partial charge in [-0.1, -0.05) is 5.16 Å². The van der Waals surface area contributed by atoms with Crippen LogP contribution in [-0.2, 0) is 18.3 Å². The molecule has 0 aliphatic rings. The Hall–Kier alpha value is -2.95. The molecular weight excluding hydrogens is 411 g/mol. The highest BCUT2D eigenvalue weighted by atomic mass is 32.2. The molecule has 2 rings (SSSR count). The summed E-state index contributed by atoms with van der Waals surface area (Å²) in [7, 11) is 1.34. The van der Waals surface area contributed by atoms with Gasteiger partial charge in [-0.15, -0.1) is 11.8 Å². The summed E-state index contributed by atoms with van der Waals surface area (Å²) in [6.07, 6.45) is -0.0106. The Balaban J connectivity index is 2.42. The predicted molar refractivity (Wildman–Crippen MR) is 104 cm³/mol. The summed E-state index contributed by atoms with van der Waals surface area (Å²) in [4.78, 5) is 29.1. The third-order valence-electron chi connectivity index (χ3n) is 3.83. The van der Waals surface area contributed by atoms with Crippen molar-refractivity contribution in [2.75, 3.05) is 18.2 Å². The summed E-state index contributed by atoms with van der Waals surface area (Å²) >= 11 is 1.34. The number of rotatable bonds is 9. The molecule has 2 aromatic rings. The first-order chi connectivity index (χ1) is 13.7. The molecule has 0 aliphatic carbocycles. The molecule has 0 saturated heterocycles. The second kappa shape index (κ2) is 10.0. The van der Waals surface area contributed by atoms with Gasteiger partial charge in [-0.2, -0.15) is 0 Å². The number of benzene rings is 1. The van der Waals surface area contributed by atoms with Crippen LogP contribution in [0.2, 0.25) is 0 Å². The van der Waals surface area contributed by atoms with Crippen LogP contribution in [0.4, 0.5) is 24.7 Å². The minimum absolute atomic E-state index is 0.00798. The SMILES string of the molecule is CSc1ccc(Nc2c(C(=O)O)c(CC=NOCC(F)F)cc(=O)n2C)c(F)c1. The van der Waals surface area contributed by atoms with E-state index in [0.29, 0.717) is 4.90 Å². The van der Waals surface area contributed by atoms with E-state index in [2.05, 4.69) is 15.3 Å². The minimum atomic E-state index is -2.70. The van der Waals surface area contributed by atoms with E-state index < -0.39 is 30.4 Å². The summed E-state index contributed by atoms with van der Waals surface area (Å²) in [5, 5.41) is 15.6. The Morgan fingerprint density at radius 2 is 2.14 bits per heavy atom. The number of halogens is 3. The number of nitrogens with one attached hydrogen (secondary N) is 1. The zero-order valence-corrected chi connectivity index (χ0v) is 16.3. The number of hydrogen-bond acceptors (Lipinski definition) is 6. The van der Waals surface area contributed by atoms with E-state index in [9.17, 15) is 27.9 Å². The van der Waals surface area contributed by atoms with E-state index in [1.54, 1.807) is 12.3 Å². The molecule has 11 heteroatoms. The van der Waals surface area contributed by atoms with Crippen LogP contribution in [0.15, 0.2) is 39.1 Å². The van der Waals surface area contributed by atoms with Crippen molar-refractivity contribution in [2.45, 2.75) is 17.7 Å². The molecule has 0 unspecified atom stereocenters. The number of carbonyl (C=O) groups is 1. The molecule has 29 heavy (non-hydrogen) atoms. The number of aromatic nitrogens is 1. The molecule has 7 nitrogen and oxygen atoms in total. The van der Waals surface area contributed by atoms with Gasteiger partial charge in [0.1, 0.15) is 17.2 Å². The van der Waals surface area contributed by atoms with E-state index in [4.69, 9.17) is 0 Å². The topological polar surface area (TPSA) is 92.9 Å². The molecule has 0 saturated carbocycles. The first-order valence-corrected chi connectivity index (χ1v) is 9.45. The normalized spacial score (nSPS) is 11.2. The van der Waals surface area contributed by atoms with Gasteiger partial charge >= 0.3 is 5.97 Å². The number of carboxylic acid groups (broad SMARTS) is 1. The lowest BCUT2D eigenvalue weighted by Crippen LogP contribution is -2.24. The number of hydrogen-bond donors (Lipinski definition) is 2. The highest BCUT2D eigenvalue weighted by molar-refractivity contribution is 7.98. The third-order valence-corrected chi connectivity index (χ3v) is 4.55. The zero-order chi connectivity index (χ0) is 21.6. The monoisotopic (exact) mass is 429 g/mol. The molecule has 1 aromatic heterocycles. The van der Waals surface area contributed by atoms with Crippen LogP contribution in [0.3, 0.4) is 0 Å². The molecule has 0 radical (unpaired) electrons. The van der Waals surface area contributed by atoms with E-state index in [1.165, 1.54) is 30.9 Å². The van der Waals surface area contributed by atoms with Crippen LogP contribution in [0.25, 0.3) is 0 Å². The van der Waals surface area contributed by atoms with Crippen molar-refractivity contribution in [1.29, 1.82) is 0 Å². The van der Waals surface area contributed by atoms with Crippen LogP contribution >= 0.6 is 11.8 Å². The van der Waals surface area contributed by atoms with Crippen LogP contribution in [0.1, 0.15) is 15.9 Å². The molecule has 0 bridgehead atoms. The average molecular weight is 429 g/mol. The smallest absolute Gasteiger partial charge is 0.339 e. The van der Waals surface area contributed by atoms with E-state index >= 15 is 0 Å². The average Bonchev–Trinajstić information content (AvgIpc) is 2.66. The van der Waals surface area contributed by atoms with Crippen LogP contribution in [0, 0.1) is 5.82 Å². The maximum absolute atomic E-state index is 14.3. The summed E-state index contributed by atoms with van der Waals surface area (Å²) in [6, 6.07) is 5.44. The molecular formula is C18H18F3N3O4S. The van der Waals surface area contributed by atoms with E-state index in [1.807, 2.05) is 0 Å².